The predicted octanol–water partition coefficient (Wildman–Crippen LogP) is 2.86. The van der Waals surface area contributed by atoms with Crippen molar-refractivity contribution in [2.45, 2.75) is 32.6 Å². The van der Waals surface area contributed by atoms with Gasteiger partial charge in [-0.1, -0.05) is 19.1 Å². The Balaban J connectivity index is 2.17. The third-order valence-corrected chi connectivity index (χ3v) is 4.00. The highest BCUT2D eigenvalue weighted by Gasteiger charge is 2.16. The number of nitrogens with zero attached hydrogens (tertiary/aromatic N) is 1. The summed E-state index contributed by atoms with van der Waals surface area (Å²) < 4.78 is 0. The predicted molar refractivity (Wildman–Crippen MR) is 79.4 cm³/mol. The van der Waals surface area contributed by atoms with Crippen LogP contribution in [0.2, 0.25) is 0 Å². The molecule has 1 aliphatic heterocycles. The van der Waals surface area contributed by atoms with Gasteiger partial charge < -0.3 is 10.2 Å². The standard InChI is InChI=1S/C16H26N2/c1-4-13-5-6-16(18(2)3)15(11-13)12-14-7-9-17-10-8-14/h5-6,11,14,17H,4,7-10,12H2,1-3H3. The van der Waals surface area contributed by atoms with Gasteiger partial charge in [-0.2, -0.15) is 0 Å². The second-order valence-electron chi connectivity index (χ2n) is 5.61. The summed E-state index contributed by atoms with van der Waals surface area (Å²) in [6.07, 6.45) is 5.02. The Bertz CT molecular complexity index is 379. The first-order valence-electron chi connectivity index (χ1n) is 7.20. The molecule has 1 heterocycles. The van der Waals surface area contributed by atoms with Crippen LogP contribution in [0.1, 0.15) is 30.9 Å². The molecule has 0 aromatic heterocycles. The summed E-state index contributed by atoms with van der Waals surface area (Å²) in [5, 5.41) is 3.45. The molecule has 1 aromatic carbocycles. The lowest BCUT2D eigenvalue weighted by atomic mass is 9.89. The lowest BCUT2D eigenvalue weighted by Crippen LogP contribution is -2.29. The fourth-order valence-corrected chi connectivity index (χ4v) is 2.86. The Labute approximate surface area is 111 Å². The van der Waals surface area contributed by atoms with E-state index in [0.29, 0.717) is 0 Å². The molecule has 0 atom stereocenters. The summed E-state index contributed by atoms with van der Waals surface area (Å²) in [4.78, 5) is 2.25. The van der Waals surface area contributed by atoms with Gasteiger partial charge in [0.25, 0.3) is 0 Å². The third-order valence-electron chi connectivity index (χ3n) is 4.00. The molecular weight excluding hydrogens is 220 g/mol. The average molecular weight is 246 g/mol. The van der Waals surface area contributed by atoms with Gasteiger partial charge in [-0.3, -0.25) is 0 Å². The van der Waals surface area contributed by atoms with Crippen molar-refractivity contribution >= 4 is 5.69 Å². The number of aryl methyl sites for hydroxylation is 1. The fourth-order valence-electron chi connectivity index (χ4n) is 2.86. The molecule has 1 aromatic rings. The van der Waals surface area contributed by atoms with E-state index in [9.17, 15) is 0 Å². The maximum atomic E-state index is 3.45. The first-order valence-corrected chi connectivity index (χ1v) is 7.20. The molecule has 1 N–H and O–H groups in total. The van der Waals surface area contributed by atoms with Crippen molar-refractivity contribution in [1.82, 2.24) is 5.32 Å². The van der Waals surface area contributed by atoms with Crippen molar-refractivity contribution in [2.24, 2.45) is 5.92 Å². The normalized spacial score (nSPS) is 16.8. The molecule has 18 heavy (non-hydrogen) atoms. The van der Waals surface area contributed by atoms with E-state index in [1.807, 2.05) is 0 Å². The molecule has 0 saturated carbocycles. The van der Waals surface area contributed by atoms with Gasteiger partial charge in [-0.25, -0.2) is 0 Å². The molecule has 2 rings (SSSR count). The van der Waals surface area contributed by atoms with Crippen LogP contribution in [0, 0.1) is 5.92 Å². The van der Waals surface area contributed by atoms with Crippen molar-refractivity contribution in [3.05, 3.63) is 29.3 Å². The van der Waals surface area contributed by atoms with Crippen molar-refractivity contribution in [1.29, 1.82) is 0 Å². The van der Waals surface area contributed by atoms with Crippen LogP contribution in [-0.4, -0.2) is 27.2 Å². The zero-order chi connectivity index (χ0) is 13.0. The van der Waals surface area contributed by atoms with E-state index >= 15 is 0 Å². The molecular formula is C16H26N2. The Kier molecular flexibility index (Phi) is 4.65. The van der Waals surface area contributed by atoms with Crippen LogP contribution in [0.25, 0.3) is 0 Å². The third kappa shape index (κ3) is 3.26. The zero-order valence-corrected chi connectivity index (χ0v) is 12.0. The number of piperidine rings is 1. The first kappa shape index (κ1) is 13.4. The lowest BCUT2D eigenvalue weighted by Gasteiger charge is -2.25. The molecule has 0 radical (unpaired) electrons. The molecule has 2 heteroatoms. The zero-order valence-electron chi connectivity index (χ0n) is 12.0. The van der Waals surface area contributed by atoms with Crippen molar-refractivity contribution in [3.8, 4) is 0 Å². The van der Waals surface area contributed by atoms with E-state index < -0.39 is 0 Å². The highest BCUT2D eigenvalue weighted by Crippen LogP contribution is 2.26. The smallest absolute Gasteiger partial charge is 0.0393 e. The first-order chi connectivity index (χ1) is 8.70. The molecule has 0 aliphatic carbocycles. The van der Waals surface area contributed by atoms with E-state index in [1.54, 1.807) is 0 Å². The molecule has 1 fully saturated rings. The van der Waals surface area contributed by atoms with Crippen molar-refractivity contribution < 1.29 is 0 Å². The minimum atomic E-state index is 0.858. The highest BCUT2D eigenvalue weighted by atomic mass is 15.1. The maximum Gasteiger partial charge on any atom is 0.0393 e. The molecule has 1 saturated heterocycles. The number of anilines is 1. The van der Waals surface area contributed by atoms with Gasteiger partial charge >= 0.3 is 0 Å². The van der Waals surface area contributed by atoms with E-state index in [2.05, 4.69) is 49.4 Å². The summed E-state index contributed by atoms with van der Waals surface area (Å²) in [6, 6.07) is 6.97. The molecule has 100 valence electrons. The largest absolute Gasteiger partial charge is 0.377 e. The van der Waals surface area contributed by atoms with Gasteiger partial charge in [-0.05, 0) is 61.9 Å². The van der Waals surface area contributed by atoms with Crippen LogP contribution in [-0.2, 0) is 12.8 Å². The number of nitrogens with one attached hydrogen (secondary N) is 1. The Morgan fingerprint density at radius 3 is 2.56 bits per heavy atom. The Morgan fingerprint density at radius 1 is 1.22 bits per heavy atom. The molecule has 0 spiro atoms. The quantitative estimate of drug-likeness (QED) is 0.879. The Hall–Kier alpha value is -1.02. The monoisotopic (exact) mass is 246 g/mol. The fraction of sp³-hybridized carbons (Fsp3) is 0.625. The molecule has 1 aliphatic rings. The number of hydrogen-bond acceptors (Lipinski definition) is 2. The average Bonchev–Trinajstić information content (AvgIpc) is 2.39. The molecule has 0 unspecified atom stereocenters. The van der Waals surface area contributed by atoms with Crippen LogP contribution >= 0.6 is 0 Å². The number of rotatable bonds is 4. The minimum Gasteiger partial charge on any atom is -0.377 e. The van der Waals surface area contributed by atoms with Gasteiger partial charge in [-0.15, -0.1) is 0 Å². The van der Waals surface area contributed by atoms with Crippen molar-refractivity contribution in [2.75, 3.05) is 32.1 Å². The summed E-state index contributed by atoms with van der Waals surface area (Å²) in [6.45, 7) is 4.61. The van der Waals surface area contributed by atoms with Gasteiger partial charge in [0.2, 0.25) is 0 Å². The second kappa shape index (κ2) is 6.24. The van der Waals surface area contributed by atoms with Crippen LogP contribution in [0.15, 0.2) is 18.2 Å². The maximum absolute atomic E-state index is 3.45. The number of benzene rings is 1. The summed E-state index contributed by atoms with van der Waals surface area (Å²) in [7, 11) is 4.29. The summed E-state index contributed by atoms with van der Waals surface area (Å²) in [5.41, 5.74) is 4.39. The van der Waals surface area contributed by atoms with Crippen LogP contribution in [0.4, 0.5) is 5.69 Å². The minimum absolute atomic E-state index is 0.858. The summed E-state index contributed by atoms with van der Waals surface area (Å²) in [5.74, 6) is 0.858. The highest BCUT2D eigenvalue weighted by molar-refractivity contribution is 5.54. The number of hydrogen-bond donors (Lipinski definition) is 1. The van der Waals surface area contributed by atoms with Crippen LogP contribution in [0.5, 0.6) is 0 Å². The van der Waals surface area contributed by atoms with Gasteiger partial charge in [0, 0.05) is 19.8 Å². The Morgan fingerprint density at radius 2 is 1.94 bits per heavy atom. The summed E-state index contributed by atoms with van der Waals surface area (Å²) >= 11 is 0. The van der Waals surface area contributed by atoms with E-state index in [0.717, 1.165) is 12.3 Å². The van der Waals surface area contributed by atoms with Gasteiger partial charge in [0.15, 0.2) is 0 Å². The lowest BCUT2D eigenvalue weighted by molar-refractivity contribution is 0.373. The van der Waals surface area contributed by atoms with Crippen LogP contribution in [0.3, 0.4) is 0 Å². The van der Waals surface area contributed by atoms with E-state index in [4.69, 9.17) is 0 Å². The van der Waals surface area contributed by atoms with Crippen molar-refractivity contribution in [3.63, 3.8) is 0 Å². The molecule has 0 bridgehead atoms. The molecule has 0 amide bonds. The van der Waals surface area contributed by atoms with Gasteiger partial charge in [0.05, 0.1) is 0 Å². The van der Waals surface area contributed by atoms with Crippen LogP contribution < -0.4 is 10.2 Å². The second-order valence-corrected chi connectivity index (χ2v) is 5.61. The van der Waals surface area contributed by atoms with E-state index in [-0.39, 0.29) is 0 Å². The topological polar surface area (TPSA) is 15.3 Å². The van der Waals surface area contributed by atoms with E-state index in [1.165, 1.54) is 49.2 Å². The molecule has 2 nitrogen and oxygen atoms in total. The van der Waals surface area contributed by atoms with Gasteiger partial charge in [0.1, 0.15) is 0 Å². The SMILES string of the molecule is CCc1ccc(N(C)C)c(CC2CCNCC2)c1.